The van der Waals surface area contributed by atoms with Crippen molar-refractivity contribution in [3.8, 4) is 0 Å². The Morgan fingerprint density at radius 3 is 2.78 bits per heavy atom. The van der Waals surface area contributed by atoms with Gasteiger partial charge in [0.1, 0.15) is 11.4 Å². The van der Waals surface area contributed by atoms with Crippen LogP contribution in [0.3, 0.4) is 0 Å². The van der Waals surface area contributed by atoms with Crippen molar-refractivity contribution in [3.05, 3.63) is 29.6 Å². The zero-order chi connectivity index (χ0) is 13.3. The van der Waals surface area contributed by atoms with E-state index in [-0.39, 0.29) is 5.56 Å². The lowest BCUT2D eigenvalue weighted by Gasteiger charge is -2.23. The molecule has 1 saturated heterocycles. The third-order valence-electron chi connectivity index (χ3n) is 3.44. The van der Waals surface area contributed by atoms with Gasteiger partial charge in [0.15, 0.2) is 0 Å². The Hall–Kier alpha value is -1.62. The van der Waals surface area contributed by atoms with E-state index < -0.39 is 11.8 Å². The van der Waals surface area contributed by atoms with Gasteiger partial charge in [0.25, 0.3) is 0 Å². The molecular weight excluding hydrogens is 235 g/mol. The minimum absolute atomic E-state index is 0.225. The van der Waals surface area contributed by atoms with Crippen LogP contribution in [0.25, 0.3) is 0 Å². The van der Waals surface area contributed by atoms with Gasteiger partial charge in [0, 0.05) is 19.1 Å². The monoisotopic (exact) mass is 252 g/mol. The Kier molecular flexibility index (Phi) is 3.52. The minimum Gasteiger partial charge on any atom is -0.478 e. The predicted molar refractivity (Wildman–Crippen MR) is 67.7 cm³/mol. The maximum absolute atomic E-state index is 13.6. The van der Waals surface area contributed by atoms with Crippen molar-refractivity contribution in [2.75, 3.05) is 32.1 Å². The van der Waals surface area contributed by atoms with E-state index in [1.807, 2.05) is 19.0 Å². The first-order valence-corrected chi connectivity index (χ1v) is 5.94. The van der Waals surface area contributed by atoms with Crippen molar-refractivity contribution in [1.29, 1.82) is 0 Å². The molecule has 0 aromatic heterocycles. The highest BCUT2D eigenvalue weighted by molar-refractivity contribution is 5.94. The Morgan fingerprint density at radius 2 is 2.22 bits per heavy atom. The van der Waals surface area contributed by atoms with Gasteiger partial charge in [-0.3, -0.25) is 0 Å². The van der Waals surface area contributed by atoms with Crippen LogP contribution in [0.2, 0.25) is 0 Å². The van der Waals surface area contributed by atoms with Gasteiger partial charge in [-0.2, -0.15) is 0 Å². The number of benzene rings is 1. The summed E-state index contributed by atoms with van der Waals surface area (Å²) >= 11 is 0. The average Bonchev–Trinajstić information content (AvgIpc) is 2.77. The first-order chi connectivity index (χ1) is 8.50. The van der Waals surface area contributed by atoms with Gasteiger partial charge >= 0.3 is 5.97 Å². The minimum atomic E-state index is -1.21. The molecule has 0 amide bonds. The number of hydrogen-bond acceptors (Lipinski definition) is 3. The second kappa shape index (κ2) is 4.94. The lowest BCUT2D eigenvalue weighted by atomic mass is 10.1. The maximum atomic E-state index is 13.6. The summed E-state index contributed by atoms with van der Waals surface area (Å²) in [6, 6.07) is 4.80. The summed E-state index contributed by atoms with van der Waals surface area (Å²) in [6.07, 6.45) is 0.961. The molecule has 4 nitrogen and oxygen atoms in total. The van der Waals surface area contributed by atoms with Gasteiger partial charge in [-0.05, 0) is 32.6 Å². The van der Waals surface area contributed by atoms with E-state index in [1.165, 1.54) is 6.07 Å². The molecule has 1 N–H and O–H groups in total. The molecule has 1 aliphatic rings. The first-order valence-electron chi connectivity index (χ1n) is 5.94. The molecule has 0 aliphatic carbocycles. The molecule has 1 unspecified atom stereocenters. The number of anilines is 1. The molecule has 1 atom stereocenters. The Morgan fingerprint density at radius 1 is 1.50 bits per heavy atom. The van der Waals surface area contributed by atoms with Crippen LogP contribution in [0.5, 0.6) is 0 Å². The Bertz CT molecular complexity index is 462. The molecule has 0 radical (unpaired) electrons. The molecule has 1 fully saturated rings. The van der Waals surface area contributed by atoms with Gasteiger partial charge in [0.2, 0.25) is 0 Å². The highest BCUT2D eigenvalue weighted by atomic mass is 19.1. The fraction of sp³-hybridized carbons (Fsp3) is 0.462. The SMILES string of the molecule is CN(C)C1CCN(c2cccc(F)c2C(=O)O)C1. The van der Waals surface area contributed by atoms with Gasteiger partial charge in [-0.15, -0.1) is 0 Å². The van der Waals surface area contributed by atoms with Crippen molar-refractivity contribution in [3.63, 3.8) is 0 Å². The van der Waals surface area contributed by atoms with Gasteiger partial charge in [0.05, 0.1) is 5.69 Å². The topological polar surface area (TPSA) is 43.8 Å². The lowest BCUT2D eigenvalue weighted by molar-refractivity contribution is 0.0692. The summed E-state index contributed by atoms with van der Waals surface area (Å²) in [5.41, 5.74) is 0.253. The largest absolute Gasteiger partial charge is 0.478 e. The normalized spacial score (nSPS) is 19.6. The standard InChI is InChI=1S/C13H17FN2O2/c1-15(2)9-6-7-16(8-9)11-5-3-4-10(14)12(11)13(17)18/h3-5,9H,6-8H2,1-2H3,(H,17,18). The predicted octanol–water partition coefficient (Wildman–Crippen LogP) is 1.66. The van der Waals surface area contributed by atoms with Crippen LogP contribution in [0.4, 0.5) is 10.1 Å². The molecule has 18 heavy (non-hydrogen) atoms. The fourth-order valence-electron chi connectivity index (χ4n) is 2.37. The van der Waals surface area contributed by atoms with Crippen molar-refractivity contribution in [1.82, 2.24) is 4.90 Å². The summed E-state index contributed by atoms with van der Waals surface area (Å²) < 4.78 is 13.6. The van der Waals surface area contributed by atoms with E-state index in [0.717, 1.165) is 19.5 Å². The fourth-order valence-corrected chi connectivity index (χ4v) is 2.37. The van der Waals surface area contributed by atoms with Crippen LogP contribution < -0.4 is 4.90 Å². The molecule has 5 heteroatoms. The van der Waals surface area contributed by atoms with Crippen LogP contribution in [0.15, 0.2) is 18.2 Å². The second-order valence-corrected chi connectivity index (χ2v) is 4.79. The molecule has 1 heterocycles. The van der Waals surface area contributed by atoms with Crippen LogP contribution in [0.1, 0.15) is 16.8 Å². The van der Waals surface area contributed by atoms with E-state index >= 15 is 0 Å². The molecule has 1 aromatic rings. The summed E-state index contributed by atoms with van der Waals surface area (Å²) in [6.45, 7) is 1.49. The molecule has 1 aliphatic heterocycles. The average molecular weight is 252 g/mol. The van der Waals surface area contributed by atoms with Crippen molar-refractivity contribution >= 4 is 11.7 Å². The molecule has 98 valence electrons. The molecule has 0 bridgehead atoms. The smallest absolute Gasteiger partial charge is 0.340 e. The maximum Gasteiger partial charge on any atom is 0.340 e. The van der Waals surface area contributed by atoms with Gasteiger partial charge in [-0.1, -0.05) is 6.07 Å². The van der Waals surface area contributed by atoms with E-state index in [0.29, 0.717) is 11.7 Å². The molecule has 1 aromatic carbocycles. The van der Waals surface area contributed by atoms with Gasteiger partial charge in [-0.25, -0.2) is 9.18 Å². The number of hydrogen-bond donors (Lipinski definition) is 1. The molecule has 0 saturated carbocycles. The Balaban J connectivity index is 2.30. The number of carboxylic acids is 1. The summed E-state index contributed by atoms with van der Waals surface area (Å²) in [7, 11) is 4.00. The van der Waals surface area contributed by atoms with E-state index in [4.69, 9.17) is 5.11 Å². The highest BCUT2D eigenvalue weighted by Gasteiger charge is 2.28. The van der Waals surface area contributed by atoms with Crippen LogP contribution in [0, 0.1) is 5.82 Å². The van der Waals surface area contributed by atoms with Crippen LogP contribution >= 0.6 is 0 Å². The number of nitrogens with zero attached hydrogens (tertiary/aromatic N) is 2. The molecule has 0 spiro atoms. The second-order valence-electron chi connectivity index (χ2n) is 4.79. The van der Waals surface area contributed by atoms with Crippen molar-refractivity contribution < 1.29 is 14.3 Å². The van der Waals surface area contributed by atoms with Gasteiger partial charge < -0.3 is 14.9 Å². The van der Waals surface area contributed by atoms with E-state index in [2.05, 4.69) is 4.90 Å². The Labute approximate surface area is 106 Å². The highest BCUT2D eigenvalue weighted by Crippen LogP contribution is 2.27. The summed E-state index contributed by atoms with van der Waals surface area (Å²) in [4.78, 5) is 15.2. The number of halogens is 1. The van der Waals surface area contributed by atoms with Crippen LogP contribution in [-0.2, 0) is 0 Å². The zero-order valence-corrected chi connectivity index (χ0v) is 10.6. The van der Waals surface area contributed by atoms with E-state index in [9.17, 15) is 9.18 Å². The quantitative estimate of drug-likeness (QED) is 0.888. The van der Waals surface area contributed by atoms with Crippen molar-refractivity contribution in [2.45, 2.75) is 12.5 Å². The van der Waals surface area contributed by atoms with Crippen molar-refractivity contribution in [2.24, 2.45) is 0 Å². The summed E-state index contributed by atoms with van der Waals surface area (Å²) in [5.74, 6) is -1.88. The van der Waals surface area contributed by atoms with E-state index in [1.54, 1.807) is 12.1 Å². The third-order valence-corrected chi connectivity index (χ3v) is 3.44. The zero-order valence-electron chi connectivity index (χ0n) is 10.6. The molecule has 2 rings (SSSR count). The number of likely N-dealkylation sites (N-methyl/N-ethyl adjacent to an activating group) is 1. The molecular formula is C13H17FN2O2. The van der Waals surface area contributed by atoms with Crippen LogP contribution in [-0.4, -0.2) is 49.2 Å². The lowest BCUT2D eigenvalue weighted by Crippen LogP contribution is -2.32. The third kappa shape index (κ3) is 2.31. The number of aromatic carboxylic acids is 1. The summed E-state index contributed by atoms with van der Waals surface area (Å²) in [5, 5.41) is 9.10. The number of rotatable bonds is 3. The number of carboxylic acid groups (broad SMARTS) is 1. The first kappa shape index (κ1) is 12.8. The number of carbonyl (C=O) groups is 1.